The number of aliphatic hydroxyl groups is 2. The van der Waals surface area contributed by atoms with E-state index in [0.717, 1.165) is 0 Å². The van der Waals surface area contributed by atoms with Crippen molar-refractivity contribution < 1.29 is 19.7 Å². The van der Waals surface area contributed by atoms with Crippen LogP contribution in [0.2, 0.25) is 0 Å². The molecule has 3 heterocycles. The van der Waals surface area contributed by atoms with E-state index in [4.69, 9.17) is 14.6 Å². The van der Waals surface area contributed by atoms with Crippen LogP contribution < -0.4 is 10.4 Å². The summed E-state index contributed by atoms with van der Waals surface area (Å²) in [5.41, 5.74) is 0.0894. The second-order valence-electron chi connectivity index (χ2n) is 3.82. The smallest absolute Gasteiger partial charge is 0.347 e. The minimum Gasteiger partial charge on any atom is -0.469 e. The van der Waals surface area contributed by atoms with Gasteiger partial charge in [-0.2, -0.15) is 0 Å². The van der Waals surface area contributed by atoms with Crippen molar-refractivity contribution in [2.75, 3.05) is 6.61 Å². The van der Waals surface area contributed by atoms with Crippen molar-refractivity contribution in [3.63, 3.8) is 0 Å². The van der Waals surface area contributed by atoms with Gasteiger partial charge in [0.15, 0.2) is 6.10 Å². The predicted octanol–water partition coefficient (Wildman–Crippen LogP) is -1.68. The van der Waals surface area contributed by atoms with E-state index in [1.165, 1.54) is 6.20 Å². The molecule has 7 heteroatoms. The molecule has 1 aromatic heterocycles. The van der Waals surface area contributed by atoms with Crippen molar-refractivity contribution in [2.24, 2.45) is 0 Å². The highest BCUT2D eigenvalue weighted by atomic mass is 16.6. The summed E-state index contributed by atoms with van der Waals surface area (Å²) in [6.07, 6.45) is -1.27. The lowest BCUT2D eigenvalue weighted by molar-refractivity contribution is -0.0234. The summed E-state index contributed by atoms with van der Waals surface area (Å²) in [5, 5.41) is 18.7. The van der Waals surface area contributed by atoms with Crippen LogP contribution in [0.5, 0.6) is 5.88 Å². The van der Waals surface area contributed by atoms with E-state index in [1.807, 2.05) is 0 Å². The molecule has 0 saturated carbocycles. The Morgan fingerprint density at radius 2 is 2.38 bits per heavy atom. The molecule has 0 aliphatic carbocycles. The minimum absolute atomic E-state index is 0.274. The minimum atomic E-state index is -0.911. The van der Waals surface area contributed by atoms with Crippen LogP contribution in [0.4, 0.5) is 0 Å². The number of hydrogen-bond donors (Lipinski definition) is 3. The van der Waals surface area contributed by atoms with Gasteiger partial charge in [0, 0.05) is 6.20 Å². The molecule has 86 valence electrons. The SMILES string of the molecule is O=c1ncc2c([nH]1)O[C@@H]1C(O)[C@@H](CO)O[C@@H]21. The molecule has 4 atom stereocenters. The number of nitrogens with zero attached hydrogens (tertiary/aromatic N) is 1. The molecule has 0 bridgehead atoms. The first kappa shape index (κ1) is 9.76. The summed E-state index contributed by atoms with van der Waals surface area (Å²) in [6, 6.07) is 0. The van der Waals surface area contributed by atoms with Crippen LogP contribution in [0.1, 0.15) is 11.7 Å². The van der Waals surface area contributed by atoms with E-state index >= 15 is 0 Å². The fourth-order valence-electron chi connectivity index (χ4n) is 2.09. The number of fused-ring (bicyclic) bond motifs is 3. The van der Waals surface area contributed by atoms with Gasteiger partial charge in [-0.1, -0.05) is 0 Å². The van der Waals surface area contributed by atoms with Gasteiger partial charge in [-0.25, -0.2) is 9.78 Å². The molecule has 2 aliphatic heterocycles. The molecule has 0 aromatic carbocycles. The zero-order chi connectivity index (χ0) is 11.3. The van der Waals surface area contributed by atoms with Crippen LogP contribution in [0.3, 0.4) is 0 Å². The van der Waals surface area contributed by atoms with Crippen LogP contribution in [-0.2, 0) is 4.74 Å². The summed E-state index contributed by atoms with van der Waals surface area (Å²) in [6.45, 7) is -0.274. The van der Waals surface area contributed by atoms with Crippen molar-refractivity contribution in [3.8, 4) is 5.88 Å². The fraction of sp³-hybridized carbons (Fsp3) is 0.556. The predicted molar refractivity (Wildman–Crippen MR) is 50.0 cm³/mol. The summed E-state index contributed by atoms with van der Waals surface area (Å²) in [7, 11) is 0. The van der Waals surface area contributed by atoms with E-state index in [-0.39, 0.29) is 12.5 Å². The average Bonchev–Trinajstić information content (AvgIpc) is 2.75. The molecule has 3 N–H and O–H groups in total. The summed E-state index contributed by atoms with van der Waals surface area (Å²) in [5.74, 6) is 0.283. The van der Waals surface area contributed by atoms with Gasteiger partial charge in [-0.15, -0.1) is 0 Å². The molecule has 1 aromatic rings. The Morgan fingerprint density at radius 1 is 1.56 bits per heavy atom. The number of hydrogen-bond acceptors (Lipinski definition) is 6. The zero-order valence-corrected chi connectivity index (χ0v) is 8.16. The Kier molecular flexibility index (Phi) is 2.00. The molecule has 1 fully saturated rings. The van der Waals surface area contributed by atoms with E-state index < -0.39 is 30.1 Å². The largest absolute Gasteiger partial charge is 0.469 e. The van der Waals surface area contributed by atoms with Gasteiger partial charge in [0.05, 0.1) is 12.2 Å². The maximum atomic E-state index is 11.0. The summed E-state index contributed by atoms with van der Waals surface area (Å²) >= 11 is 0. The third-order valence-corrected chi connectivity index (χ3v) is 2.88. The van der Waals surface area contributed by atoms with E-state index in [9.17, 15) is 9.90 Å². The maximum Gasteiger partial charge on any atom is 0.347 e. The molecular weight excluding hydrogens is 216 g/mol. The van der Waals surface area contributed by atoms with Crippen LogP contribution in [-0.4, -0.2) is 45.1 Å². The number of aromatic amines is 1. The van der Waals surface area contributed by atoms with Crippen LogP contribution in [0, 0.1) is 0 Å². The standard InChI is InChI=1S/C9H10N2O5/c12-2-4-5(13)7-6(15-4)3-1-10-9(14)11-8(3)16-7/h1,4-7,12-13H,2H2,(H,10,11,14)/t4-,5?,6+,7-/m1/s1. The van der Waals surface area contributed by atoms with Crippen molar-refractivity contribution in [2.45, 2.75) is 24.4 Å². The summed E-state index contributed by atoms with van der Waals surface area (Å²) < 4.78 is 10.8. The third kappa shape index (κ3) is 1.19. The van der Waals surface area contributed by atoms with E-state index in [0.29, 0.717) is 5.56 Å². The van der Waals surface area contributed by atoms with Crippen molar-refractivity contribution in [1.29, 1.82) is 0 Å². The number of nitrogens with one attached hydrogen (secondary N) is 1. The zero-order valence-electron chi connectivity index (χ0n) is 8.16. The van der Waals surface area contributed by atoms with Gasteiger partial charge in [0.1, 0.15) is 18.3 Å². The van der Waals surface area contributed by atoms with E-state index in [1.54, 1.807) is 0 Å². The maximum absolute atomic E-state index is 11.0. The van der Waals surface area contributed by atoms with Crippen molar-refractivity contribution in [3.05, 3.63) is 22.2 Å². The van der Waals surface area contributed by atoms with Gasteiger partial charge in [0.25, 0.3) is 0 Å². The van der Waals surface area contributed by atoms with Gasteiger partial charge >= 0.3 is 5.69 Å². The first-order chi connectivity index (χ1) is 7.70. The molecule has 7 nitrogen and oxygen atoms in total. The molecule has 16 heavy (non-hydrogen) atoms. The number of H-pyrrole nitrogens is 1. The first-order valence-corrected chi connectivity index (χ1v) is 4.91. The average molecular weight is 226 g/mol. The van der Waals surface area contributed by atoms with E-state index in [2.05, 4.69) is 9.97 Å². The molecule has 3 rings (SSSR count). The highest BCUT2D eigenvalue weighted by Crippen LogP contribution is 2.43. The first-order valence-electron chi connectivity index (χ1n) is 4.91. The second-order valence-corrected chi connectivity index (χ2v) is 3.82. The molecule has 1 saturated heterocycles. The number of aliphatic hydroxyl groups excluding tert-OH is 2. The quantitative estimate of drug-likeness (QED) is 0.528. The second kappa shape index (κ2) is 3.27. The van der Waals surface area contributed by atoms with Gasteiger partial charge in [-0.05, 0) is 0 Å². The van der Waals surface area contributed by atoms with Crippen molar-refractivity contribution >= 4 is 0 Å². The highest BCUT2D eigenvalue weighted by Gasteiger charge is 2.51. The molecule has 0 radical (unpaired) electrons. The van der Waals surface area contributed by atoms with Crippen LogP contribution >= 0.6 is 0 Å². The summed E-state index contributed by atoms with van der Waals surface area (Å²) in [4.78, 5) is 17.0. The van der Waals surface area contributed by atoms with Gasteiger partial charge in [0.2, 0.25) is 5.88 Å². The number of rotatable bonds is 1. The number of aromatic nitrogens is 2. The Hall–Kier alpha value is -1.44. The molecule has 1 unspecified atom stereocenters. The molecular formula is C9H10N2O5. The van der Waals surface area contributed by atoms with Gasteiger partial charge < -0.3 is 19.7 Å². The molecule has 0 amide bonds. The topological polar surface area (TPSA) is 105 Å². The normalized spacial score (nSPS) is 35.6. The number of ether oxygens (including phenoxy) is 2. The third-order valence-electron chi connectivity index (χ3n) is 2.88. The van der Waals surface area contributed by atoms with Gasteiger partial charge in [-0.3, -0.25) is 4.98 Å². The molecule has 0 spiro atoms. The highest BCUT2D eigenvalue weighted by molar-refractivity contribution is 5.33. The Balaban J connectivity index is 1.99. The van der Waals surface area contributed by atoms with Crippen LogP contribution in [0.25, 0.3) is 0 Å². The lowest BCUT2D eigenvalue weighted by Gasteiger charge is -2.14. The lowest BCUT2D eigenvalue weighted by Crippen LogP contribution is -2.34. The Labute approximate surface area is 89.7 Å². The van der Waals surface area contributed by atoms with Crippen LogP contribution in [0.15, 0.2) is 11.0 Å². The fourth-order valence-corrected chi connectivity index (χ4v) is 2.09. The Morgan fingerprint density at radius 3 is 3.12 bits per heavy atom. The Bertz CT molecular complexity index is 473. The lowest BCUT2D eigenvalue weighted by atomic mass is 10.1. The van der Waals surface area contributed by atoms with Crippen molar-refractivity contribution in [1.82, 2.24) is 9.97 Å². The monoisotopic (exact) mass is 226 g/mol. The molecule has 2 aliphatic rings.